The fraction of sp³-hybridized carbons (Fsp3) is 0.417. The Balaban J connectivity index is 1.13. The first kappa shape index (κ1) is 20.9. The Morgan fingerprint density at radius 3 is 2.88 bits per heavy atom. The molecule has 0 amide bonds. The molecule has 8 heteroatoms. The van der Waals surface area contributed by atoms with E-state index < -0.39 is 0 Å². The topological polar surface area (TPSA) is 70.8 Å². The summed E-state index contributed by atoms with van der Waals surface area (Å²) in [5, 5.41) is 5.26. The number of pyridine rings is 1. The second-order valence-electron chi connectivity index (χ2n) is 8.29. The normalized spacial score (nSPS) is 16.8. The maximum Gasteiger partial charge on any atom is 0.337 e. The lowest BCUT2D eigenvalue weighted by Crippen LogP contribution is -2.47. The summed E-state index contributed by atoms with van der Waals surface area (Å²) in [5.41, 5.74) is 1.48. The summed E-state index contributed by atoms with van der Waals surface area (Å²) >= 11 is 0. The standard InChI is InChI=1S/C24H27FN4O3/c25-18-3-2-17-4-7-27-24(19(17)14-18)29-11-9-28(10-12-29)8-1-6-26-21-15-23(30)32-22-5-13-31-16-20(21)22/h2-4,7,14-15,26H,1,5-6,8-13,16H2. The van der Waals surface area contributed by atoms with Gasteiger partial charge in [0.05, 0.1) is 18.9 Å². The van der Waals surface area contributed by atoms with Crippen LogP contribution in [0.1, 0.15) is 17.7 Å². The Hall–Kier alpha value is -2.97. The number of rotatable bonds is 6. The zero-order valence-corrected chi connectivity index (χ0v) is 18.0. The number of fused-ring (bicyclic) bond motifs is 2. The van der Waals surface area contributed by atoms with E-state index in [1.165, 1.54) is 12.1 Å². The van der Waals surface area contributed by atoms with Gasteiger partial charge >= 0.3 is 5.63 Å². The first-order chi connectivity index (χ1) is 15.7. The Kier molecular flexibility index (Phi) is 6.05. The van der Waals surface area contributed by atoms with Crippen LogP contribution in [-0.2, 0) is 17.8 Å². The fourth-order valence-electron chi connectivity index (χ4n) is 4.51. The van der Waals surface area contributed by atoms with E-state index >= 15 is 0 Å². The minimum Gasteiger partial charge on any atom is -0.427 e. The van der Waals surface area contributed by atoms with Gasteiger partial charge in [0.25, 0.3) is 0 Å². The lowest BCUT2D eigenvalue weighted by Gasteiger charge is -2.36. The van der Waals surface area contributed by atoms with Crippen molar-refractivity contribution < 1.29 is 13.5 Å². The molecule has 1 saturated heterocycles. The molecule has 5 rings (SSSR count). The molecule has 0 saturated carbocycles. The molecule has 2 aromatic heterocycles. The van der Waals surface area contributed by atoms with Crippen LogP contribution in [0, 0.1) is 5.82 Å². The van der Waals surface area contributed by atoms with Gasteiger partial charge in [-0.25, -0.2) is 14.2 Å². The SMILES string of the molecule is O=c1cc(NCCCN2CCN(c3nccc4ccc(F)cc34)CC2)c2c(o1)CCOC2. The third-order valence-electron chi connectivity index (χ3n) is 6.21. The molecule has 32 heavy (non-hydrogen) atoms. The molecular formula is C24H27FN4O3. The molecule has 0 spiro atoms. The van der Waals surface area contributed by atoms with Crippen LogP contribution >= 0.6 is 0 Å². The Morgan fingerprint density at radius 1 is 1.12 bits per heavy atom. The van der Waals surface area contributed by atoms with E-state index in [1.807, 2.05) is 6.07 Å². The van der Waals surface area contributed by atoms with E-state index in [1.54, 1.807) is 18.3 Å². The number of ether oxygens (including phenoxy) is 1. The van der Waals surface area contributed by atoms with Crippen molar-refractivity contribution in [3.8, 4) is 0 Å². The minimum absolute atomic E-state index is 0.234. The van der Waals surface area contributed by atoms with Crippen molar-refractivity contribution in [2.45, 2.75) is 19.4 Å². The number of nitrogens with zero attached hydrogens (tertiary/aromatic N) is 3. The van der Waals surface area contributed by atoms with Crippen molar-refractivity contribution >= 4 is 22.3 Å². The molecule has 168 valence electrons. The first-order valence-corrected chi connectivity index (χ1v) is 11.2. The molecule has 0 unspecified atom stereocenters. The van der Waals surface area contributed by atoms with Crippen LogP contribution in [-0.4, -0.2) is 55.8 Å². The highest BCUT2D eigenvalue weighted by atomic mass is 19.1. The first-order valence-electron chi connectivity index (χ1n) is 11.2. The number of nitrogens with one attached hydrogen (secondary N) is 1. The number of anilines is 2. The molecule has 2 aliphatic rings. The molecule has 1 aromatic carbocycles. The fourth-order valence-corrected chi connectivity index (χ4v) is 4.51. The van der Waals surface area contributed by atoms with E-state index in [4.69, 9.17) is 9.15 Å². The molecule has 7 nitrogen and oxygen atoms in total. The second kappa shape index (κ2) is 9.26. The summed E-state index contributed by atoms with van der Waals surface area (Å²) < 4.78 is 24.6. The van der Waals surface area contributed by atoms with Gasteiger partial charge in [0.1, 0.15) is 17.4 Å². The molecule has 1 N–H and O–H groups in total. The van der Waals surface area contributed by atoms with Crippen molar-refractivity contribution in [2.75, 3.05) is 56.1 Å². The molecular weight excluding hydrogens is 411 g/mol. The molecule has 0 atom stereocenters. The highest BCUT2D eigenvalue weighted by molar-refractivity contribution is 5.92. The smallest absolute Gasteiger partial charge is 0.337 e. The zero-order chi connectivity index (χ0) is 21.9. The number of halogens is 1. The summed E-state index contributed by atoms with van der Waals surface area (Å²) in [6.07, 6.45) is 3.40. The van der Waals surface area contributed by atoms with Gasteiger partial charge in [-0.3, -0.25) is 4.90 Å². The van der Waals surface area contributed by atoms with Gasteiger partial charge < -0.3 is 19.4 Å². The predicted octanol–water partition coefficient (Wildman–Crippen LogP) is 3.02. The van der Waals surface area contributed by atoms with Crippen LogP contribution < -0.4 is 15.8 Å². The average Bonchev–Trinajstić information content (AvgIpc) is 2.81. The van der Waals surface area contributed by atoms with Gasteiger partial charge in [-0.15, -0.1) is 0 Å². The zero-order valence-electron chi connectivity index (χ0n) is 18.0. The van der Waals surface area contributed by atoms with Crippen molar-refractivity contribution in [2.24, 2.45) is 0 Å². The predicted molar refractivity (Wildman–Crippen MR) is 122 cm³/mol. The molecule has 4 heterocycles. The van der Waals surface area contributed by atoms with Crippen LogP contribution in [0.3, 0.4) is 0 Å². The van der Waals surface area contributed by atoms with Crippen LogP contribution in [0.4, 0.5) is 15.9 Å². The number of benzene rings is 1. The minimum atomic E-state index is -0.314. The largest absolute Gasteiger partial charge is 0.427 e. The Labute approximate surface area is 185 Å². The molecule has 2 aliphatic heterocycles. The quantitative estimate of drug-likeness (QED) is 0.593. The molecule has 1 fully saturated rings. The number of hydrogen-bond donors (Lipinski definition) is 1. The van der Waals surface area contributed by atoms with Crippen LogP contribution in [0.25, 0.3) is 10.8 Å². The van der Waals surface area contributed by atoms with Gasteiger partial charge in [0, 0.05) is 62.4 Å². The van der Waals surface area contributed by atoms with Crippen LogP contribution in [0.5, 0.6) is 0 Å². The van der Waals surface area contributed by atoms with Gasteiger partial charge in [0.15, 0.2) is 0 Å². The van der Waals surface area contributed by atoms with Gasteiger partial charge in [-0.05, 0) is 36.6 Å². The number of hydrogen-bond acceptors (Lipinski definition) is 7. The van der Waals surface area contributed by atoms with Gasteiger partial charge in [-0.2, -0.15) is 0 Å². The molecule has 3 aromatic rings. The Morgan fingerprint density at radius 2 is 2.00 bits per heavy atom. The van der Waals surface area contributed by atoms with Crippen LogP contribution in [0.2, 0.25) is 0 Å². The highest BCUT2D eigenvalue weighted by Gasteiger charge is 2.20. The maximum absolute atomic E-state index is 13.8. The number of aromatic nitrogens is 1. The molecule has 0 bridgehead atoms. The molecule has 0 aliphatic carbocycles. The summed E-state index contributed by atoms with van der Waals surface area (Å²) in [6.45, 7) is 6.42. The summed E-state index contributed by atoms with van der Waals surface area (Å²) in [4.78, 5) is 21.0. The van der Waals surface area contributed by atoms with Crippen LogP contribution in [0.15, 0.2) is 45.7 Å². The second-order valence-corrected chi connectivity index (χ2v) is 8.29. The van der Waals surface area contributed by atoms with Gasteiger partial charge in [0.2, 0.25) is 0 Å². The highest BCUT2D eigenvalue weighted by Crippen LogP contribution is 2.26. The third-order valence-corrected chi connectivity index (χ3v) is 6.21. The number of piperazine rings is 1. The maximum atomic E-state index is 13.8. The van der Waals surface area contributed by atoms with E-state index in [2.05, 4.69) is 20.1 Å². The van der Waals surface area contributed by atoms with E-state index in [-0.39, 0.29) is 11.4 Å². The van der Waals surface area contributed by atoms with E-state index in [9.17, 15) is 9.18 Å². The van der Waals surface area contributed by atoms with Crippen molar-refractivity contribution in [1.29, 1.82) is 0 Å². The van der Waals surface area contributed by atoms with E-state index in [0.29, 0.717) is 19.6 Å². The third kappa shape index (κ3) is 4.47. The summed E-state index contributed by atoms with van der Waals surface area (Å²) in [5.74, 6) is 1.37. The van der Waals surface area contributed by atoms with Crippen molar-refractivity contribution in [3.63, 3.8) is 0 Å². The lowest BCUT2D eigenvalue weighted by molar-refractivity contribution is 0.101. The van der Waals surface area contributed by atoms with E-state index in [0.717, 1.165) is 79.3 Å². The van der Waals surface area contributed by atoms with Crippen molar-refractivity contribution in [1.82, 2.24) is 9.88 Å². The van der Waals surface area contributed by atoms with Crippen molar-refractivity contribution in [3.05, 3.63) is 64.1 Å². The van der Waals surface area contributed by atoms with Gasteiger partial charge in [-0.1, -0.05) is 6.07 Å². The average molecular weight is 439 g/mol. The lowest BCUT2D eigenvalue weighted by atomic mass is 10.1. The monoisotopic (exact) mass is 438 g/mol. The Bertz CT molecular complexity index is 1160. The summed E-state index contributed by atoms with van der Waals surface area (Å²) in [6, 6.07) is 8.30. The molecule has 0 radical (unpaired) electrons. The summed E-state index contributed by atoms with van der Waals surface area (Å²) in [7, 11) is 0.